The summed E-state index contributed by atoms with van der Waals surface area (Å²) in [6, 6.07) is 4.87. The fourth-order valence-electron chi connectivity index (χ4n) is 9.05. The van der Waals surface area contributed by atoms with Gasteiger partial charge in [-0.3, -0.25) is 9.59 Å². The van der Waals surface area contributed by atoms with Gasteiger partial charge in [0.1, 0.15) is 19.4 Å². The molecule has 0 saturated carbocycles. The molecule has 1 aliphatic heterocycles. The Balaban J connectivity index is 0.0000367. The normalized spacial score (nSPS) is 14.2. The molecule has 0 radical (unpaired) electrons. The highest BCUT2D eigenvalue weighted by atomic mass is 35.5. The minimum Gasteiger partial charge on any atom is -0.459 e. The van der Waals surface area contributed by atoms with Crippen molar-refractivity contribution in [3.05, 3.63) is 40.5 Å². The molecule has 0 unspecified atom stereocenters. The van der Waals surface area contributed by atoms with Gasteiger partial charge in [-0.15, -0.1) is 23.7 Å². The predicted octanol–water partition coefficient (Wildman–Crippen LogP) is 2.85. The van der Waals surface area contributed by atoms with E-state index in [2.05, 4.69) is 4.98 Å². The van der Waals surface area contributed by atoms with Crippen LogP contribution in [0.2, 0.25) is 0 Å². The molecule has 1 fully saturated rings. The Kier molecular flexibility index (Phi) is 63.9. The third-order valence-electron chi connectivity index (χ3n) is 14.7. The molecule has 2 heterocycles. The molecule has 1 saturated heterocycles. The highest BCUT2D eigenvalue weighted by Gasteiger charge is 2.42. The van der Waals surface area contributed by atoms with Crippen molar-refractivity contribution in [2.24, 2.45) is 11.1 Å². The molecular weight excluding hydrogens is 1410 g/mol. The number of aromatic nitrogens is 1. The monoisotopic (exact) mass is 1540 g/mol. The number of hydrogen-bond donors (Lipinski definition) is 2. The molecule has 0 aliphatic carbocycles. The van der Waals surface area contributed by atoms with Crippen LogP contribution in [0.4, 0.5) is 0 Å². The van der Waals surface area contributed by atoms with E-state index >= 15 is 0 Å². The Morgan fingerprint density at radius 1 is 0.510 bits per heavy atom. The summed E-state index contributed by atoms with van der Waals surface area (Å²) in [4.78, 5) is 47.2. The van der Waals surface area contributed by atoms with Crippen LogP contribution in [-0.2, 0) is 141 Å². The number of aliphatic hydroxyl groups is 1. The Labute approximate surface area is 626 Å². The van der Waals surface area contributed by atoms with E-state index in [1.54, 1.807) is 12.6 Å². The van der Waals surface area contributed by atoms with Gasteiger partial charge in [-0.25, -0.2) is 9.78 Å². The molecule has 0 spiro atoms. The topological polar surface area (TPSA) is 338 Å². The maximum Gasteiger partial charge on any atom is 0.332 e. The number of hydrogen-bond acceptors (Lipinski definition) is 31. The minimum atomic E-state index is -0.830. The Bertz CT molecular complexity index is 2290. The smallest absolute Gasteiger partial charge is 0.332 e. The van der Waals surface area contributed by atoms with Crippen LogP contribution in [0, 0.1) is 12.3 Å². The lowest BCUT2D eigenvalue weighted by Crippen LogP contribution is -2.55. The van der Waals surface area contributed by atoms with Crippen molar-refractivity contribution in [3.63, 3.8) is 0 Å². The molecule has 34 heteroatoms. The van der Waals surface area contributed by atoms with Crippen molar-refractivity contribution < 1.29 is 133 Å². The first-order chi connectivity index (χ1) is 50.5. The van der Waals surface area contributed by atoms with Crippen molar-refractivity contribution in [1.82, 2.24) is 14.8 Å². The van der Waals surface area contributed by atoms with Crippen LogP contribution < -0.4 is 5.73 Å². The summed E-state index contributed by atoms with van der Waals surface area (Å²) in [6.45, 7) is 27.5. The third-order valence-corrected chi connectivity index (χ3v) is 15.6. The Morgan fingerprint density at radius 2 is 0.808 bits per heavy atom. The first kappa shape index (κ1) is 96.6. The molecule has 104 heavy (non-hydrogen) atoms. The number of esters is 1. The summed E-state index contributed by atoms with van der Waals surface area (Å²) < 4.78 is 132. The number of carbonyl (C=O) groups is 3. The third kappa shape index (κ3) is 52.6. The van der Waals surface area contributed by atoms with Crippen molar-refractivity contribution in [1.29, 1.82) is 0 Å². The quantitative estimate of drug-likeness (QED) is 0.0546. The Hall–Kier alpha value is -3.45. The van der Waals surface area contributed by atoms with Crippen LogP contribution in [0.5, 0.6) is 0 Å². The molecule has 1 aromatic carbocycles. The Morgan fingerprint density at radius 3 is 1.08 bits per heavy atom. The molecule has 2 aromatic rings. The van der Waals surface area contributed by atoms with Gasteiger partial charge in [0, 0.05) is 26.6 Å². The zero-order valence-electron chi connectivity index (χ0n) is 62.5. The van der Waals surface area contributed by atoms with Crippen LogP contribution in [0.25, 0.3) is 10.4 Å². The lowest BCUT2D eigenvalue weighted by atomic mass is 9.86. The number of nitrogens with two attached hydrogens (primary N) is 1. The number of halogens is 1. The predicted molar refractivity (Wildman–Crippen MR) is 384 cm³/mol. The molecule has 606 valence electrons. The van der Waals surface area contributed by atoms with Crippen molar-refractivity contribution in [2.75, 3.05) is 311 Å². The summed E-state index contributed by atoms with van der Waals surface area (Å²) in [5.41, 5.74) is 10.7. The maximum atomic E-state index is 13.5. The van der Waals surface area contributed by atoms with Crippen LogP contribution in [0.15, 0.2) is 23.7 Å². The van der Waals surface area contributed by atoms with Gasteiger partial charge in [0.05, 0.1) is 319 Å². The first-order valence-electron chi connectivity index (χ1n) is 35.8. The average molecular weight is 1540 g/mol. The van der Waals surface area contributed by atoms with Crippen LogP contribution in [0.1, 0.15) is 44.0 Å². The van der Waals surface area contributed by atoms with Gasteiger partial charge in [-0.2, -0.15) is 0 Å². The largest absolute Gasteiger partial charge is 0.459 e. The fraction of sp³-hybridized carbons (Fsp3) is 0.829. The van der Waals surface area contributed by atoms with Gasteiger partial charge in [0.15, 0.2) is 0 Å². The van der Waals surface area contributed by atoms with Gasteiger partial charge in [-0.05, 0) is 35.1 Å². The molecule has 3 atom stereocenters. The van der Waals surface area contributed by atoms with E-state index < -0.39 is 29.7 Å². The summed E-state index contributed by atoms with van der Waals surface area (Å²) >= 11 is 1.49. The molecule has 0 bridgehead atoms. The van der Waals surface area contributed by atoms with Crippen molar-refractivity contribution >= 4 is 42.0 Å². The molecule has 3 rings (SSSR count). The van der Waals surface area contributed by atoms with Crippen molar-refractivity contribution in [2.45, 2.75) is 65.6 Å². The van der Waals surface area contributed by atoms with Gasteiger partial charge >= 0.3 is 5.97 Å². The highest BCUT2D eigenvalue weighted by Crippen LogP contribution is 2.32. The number of nitrogens with zero attached hydrogens (tertiary/aromatic N) is 3. The zero-order valence-corrected chi connectivity index (χ0v) is 64.1. The molecular formula is C70H125ClN4O28S. The van der Waals surface area contributed by atoms with Crippen LogP contribution >= 0.6 is 23.7 Å². The summed E-state index contributed by atoms with van der Waals surface area (Å²) in [5, 5.41) is 10.6. The summed E-state index contributed by atoms with van der Waals surface area (Å²) in [5.74, 6) is -0.918. The second-order valence-corrected chi connectivity index (χ2v) is 24.7. The molecule has 1 aliphatic rings. The number of thiazole rings is 1. The molecule has 2 amide bonds. The fourth-order valence-corrected chi connectivity index (χ4v) is 9.86. The number of likely N-dealkylation sites (tertiary alicyclic amines) is 1. The standard InChI is InChI=1S/C70H124N4O28S.ClH/c1-60-67(103-58-72-60)61-6-7-62(54-73(59-75)65-53-64(76)55-74(65)69(78)68(71)70(2,3)4)63(52-61)56-102-66(77)57-101-51-50-100-49-48-99-47-46-98-45-44-97-43-42-96-41-40-95-39-38-94-37-36-93-35-34-92-33-32-91-31-30-90-29-28-89-27-26-88-25-24-87-23-22-86-21-20-85-19-18-84-17-16-83-15-14-82-13-12-81-11-10-80-9-8-79-5;/h6-7,52,58-59,64-65,68,76H,8-51,53-57,71H2,1-5H3;1H/t64-,65+,68-;/m1./s1. The second kappa shape index (κ2) is 68.8. The first-order valence-corrected chi connectivity index (χ1v) is 36.7. The zero-order chi connectivity index (χ0) is 74.0. The lowest BCUT2D eigenvalue weighted by Gasteiger charge is -2.36. The maximum absolute atomic E-state index is 13.5. The van der Waals surface area contributed by atoms with E-state index in [9.17, 15) is 19.5 Å². The van der Waals surface area contributed by atoms with E-state index in [0.717, 1.165) is 16.1 Å². The van der Waals surface area contributed by atoms with Gasteiger partial charge < -0.3 is 134 Å². The average Bonchev–Trinajstić information content (AvgIpc) is 1.59. The number of carbonyl (C=O) groups excluding carboxylic acids is 3. The number of aryl methyl sites for hydroxylation is 1. The van der Waals surface area contributed by atoms with E-state index in [1.165, 1.54) is 21.1 Å². The SMILES string of the molecule is COCCOCCOCCOCCOCCOCCOCCOCCOCCOCCOCCOCCOCCOCCOCCOCCOCCOCCOCCOCCOCCOCCOCC(=O)OCc1cc(-c2scnc2C)ccc1CN(C=O)[C@@H]1C[C@@H](O)CN1C(=O)[C@@H](N)C(C)(C)C.Cl. The summed E-state index contributed by atoms with van der Waals surface area (Å²) in [6.07, 6.45) is -0.682. The van der Waals surface area contributed by atoms with Gasteiger partial charge in [-0.1, -0.05) is 32.9 Å². The summed E-state index contributed by atoms with van der Waals surface area (Å²) in [7, 11) is 1.64. The van der Waals surface area contributed by atoms with Crippen molar-refractivity contribution in [3.8, 4) is 10.4 Å². The van der Waals surface area contributed by atoms with E-state index in [1.807, 2.05) is 45.9 Å². The van der Waals surface area contributed by atoms with E-state index in [-0.39, 0.29) is 64.3 Å². The second-order valence-electron chi connectivity index (χ2n) is 23.8. The number of amides is 2. The number of β-amino-alcohol motifs (C(OH)–C–C–N with tert-alkyl or cyclic N) is 1. The number of ether oxygens (including phenoxy) is 24. The number of benzene rings is 1. The van der Waals surface area contributed by atoms with Crippen LogP contribution in [-0.4, -0.2) is 367 Å². The molecule has 3 N–H and O–H groups in total. The highest BCUT2D eigenvalue weighted by molar-refractivity contribution is 7.13. The van der Waals surface area contributed by atoms with E-state index in [0.29, 0.717) is 295 Å². The van der Waals surface area contributed by atoms with Gasteiger partial charge in [0.2, 0.25) is 12.3 Å². The molecule has 1 aromatic heterocycles. The van der Waals surface area contributed by atoms with E-state index in [4.69, 9.17) is 119 Å². The van der Waals surface area contributed by atoms with Gasteiger partial charge in [0.25, 0.3) is 0 Å². The lowest BCUT2D eigenvalue weighted by molar-refractivity contribution is -0.151. The minimum absolute atomic E-state index is 0. The number of rotatable bonds is 76. The van der Waals surface area contributed by atoms with Crippen LogP contribution in [0.3, 0.4) is 0 Å². The number of methoxy groups -OCH3 is 1. The molecule has 32 nitrogen and oxygen atoms in total. The number of aliphatic hydroxyl groups excluding tert-OH is 1.